The van der Waals surface area contributed by atoms with Gasteiger partial charge in [0.25, 0.3) is 0 Å². The van der Waals surface area contributed by atoms with Crippen LogP contribution in [0, 0.1) is 0 Å². The van der Waals surface area contributed by atoms with E-state index >= 15 is 0 Å². The molecular weight excluding hydrogens is 326 g/mol. The quantitative estimate of drug-likeness (QED) is 0.847. The predicted molar refractivity (Wildman–Crippen MR) is 99.8 cm³/mol. The fraction of sp³-hybridized carbons (Fsp3) is 0.500. The first-order valence-electron chi connectivity index (χ1n) is 9.79. The van der Waals surface area contributed by atoms with Crippen LogP contribution >= 0.6 is 0 Å². The van der Waals surface area contributed by atoms with Crippen molar-refractivity contribution in [2.45, 2.75) is 49.9 Å². The normalized spacial score (nSPS) is 27.4. The van der Waals surface area contributed by atoms with Crippen molar-refractivity contribution < 1.29 is 14.3 Å². The number of rotatable bonds is 3. The molecule has 136 valence electrons. The lowest BCUT2D eigenvalue weighted by atomic mass is 9.88. The van der Waals surface area contributed by atoms with E-state index in [1.54, 1.807) is 0 Å². The van der Waals surface area contributed by atoms with Crippen molar-refractivity contribution in [1.82, 2.24) is 4.90 Å². The molecule has 1 saturated carbocycles. The van der Waals surface area contributed by atoms with Crippen molar-refractivity contribution in [2.75, 3.05) is 19.8 Å². The lowest BCUT2D eigenvalue weighted by Crippen LogP contribution is -2.60. The number of ether oxygens (including phenoxy) is 2. The molecule has 5 rings (SSSR count). The van der Waals surface area contributed by atoms with E-state index in [1.807, 2.05) is 0 Å². The van der Waals surface area contributed by atoms with Gasteiger partial charge in [0.1, 0.15) is 0 Å². The first-order valence-corrected chi connectivity index (χ1v) is 9.79. The third-order valence-electron chi connectivity index (χ3n) is 6.61. The van der Waals surface area contributed by atoms with Gasteiger partial charge in [0.05, 0.1) is 18.8 Å². The van der Waals surface area contributed by atoms with Crippen LogP contribution in [0.4, 0.5) is 0 Å². The van der Waals surface area contributed by atoms with E-state index in [9.17, 15) is 4.79 Å². The van der Waals surface area contributed by atoms with Crippen LogP contribution in [0.3, 0.4) is 0 Å². The van der Waals surface area contributed by atoms with Crippen molar-refractivity contribution in [3.8, 4) is 0 Å². The van der Waals surface area contributed by atoms with Crippen LogP contribution in [0.15, 0.2) is 42.5 Å². The molecule has 2 aromatic rings. The second-order valence-corrected chi connectivity index (χ2v) is 7.77. The van der Waals surface area contributed by atoms with Crippen LogP contribution in [0.5, 0.6) is 0 Å². The average molecular weight is 351 g/mol. The Morgan fingerprint density at radius 3 is 2.65 bits per heavy atom. The molecule has 0 aromatic heterocycles. The van der Waals surface area contributed by atoms with E-state index in [0.717, 1.165) is 38.6 Å². The molecule has 2 saturated heterocycles. The van der Waals surface area contributed by atoms with Gasteiger partial charge in [0.15, 0.2) is 5.79 Å². The largest absolute Gasteiger partial charge is 0.345 e. The highest BCUT2D eigenvalue weighted by molar-refractivity contribution is 5.86. The number of nitrogens with zero attached hydrogens (tertiary/aromatic N) is 1. The molecule has 2 aliphatic heterocycles. The molecule has 1 amide bonds. The van der Waals surface area contributed by atoms with Crippen molar-refractivity contribution in [3.05, 3.63) is 48.0 Å². The number of fused-ring (bicyclic) bond motifs is 2. The maximum atomic E-state index is 12.8. The van der Waals surface area contributed by atoms with E-state index < -0.39 is 5.79 Å². The summed E-state index contributed by atoms with van der Waals surface area (Å²) < 4.78 is 12.2. The number of carbonyl (C=O) groups excluding carboxylic acids is 1. The van der Waals surface area contributed by atoms with E-state index in [4.69, 9.17) is 9.47 Å². The average Bonchev–Trinajstić information content (AvgIpc) is 3.37. The molecular formula is C22H25NO3. The van der Waals surface area contributed by atoms with Crippen molar-refractivity contribution in [3.63, 3.8) is 0 Å². The lowest BCUT2D eigenvalue weighted by molar-refractivity contribution is -0.221. The molecule has 4 heteroatoms. The van der Waals surface area contributed by atoms with E-state index in [0.29, 0.717) is 19.6 Å². The maximum absolute atomic E-state index is 12.8. The summed E-state index contributed by atoms with van der Waals surface area (Å²) in [6, 6.07) is 14.9. The van der Waals surface area contributed by atoms with Gasteiger partial charge < -0.3 is 14.4 Å². The van der Waals surface area contributed by atoms with Crippen LogP contribution in [0.1, 0.15) is 37.7 Å². The number of carbonyl (C=O) groups is 1. The number of hydrogen-bond acceptors (Lipinski definition) is 3. The smallest absolute Gasteiger partial charge is 0.223 e. The molecule has 2 heterocycles. The molecule has 0 radical (unpaired) electrons. The number of likely N-dealkylation sites (tertiary alicyclic amines) is 1. The van der Waals surface area contributed by atoms with Gasteiger partial charge in [-0.1, -0.05) is 42.5 Å². The highest BCUT2D eigenvalue weighted by Crippen LogP contribution is 2.54. The standard InChI is InChI=1S/C22H25NO3/c24-20-9-13-21(11-4-12-22(21)25-15-16-26-22)23(20)14-10-18-7-3-6-17-5-1-2-8-19(17)18/h1-3,5-8H,4,9-16H2/t21-/m1/s1. The Balaban J connectivity index is 1.44. The van der Waals surface area contributed by atoms with Gasteiger partial charge in [-0.3, -0.25) is 4.79 Å². The Hall–Kier alpha value is -1.91. The molecule has 1 aliphatic carbocycles. The van der Waals surface area contributed by atoms with Crippen LogP contribution in [-0.4, -0.2) is 41.9 Å². The van der Waals surface area contributed by atoms with Crippen molar-refractivity contribution in [1.29, 1.82) is 0 Å². The summed E-state index contributed by atoms with van der Waals surface area (Å²) in [4.78, 5) is 14.9. The second-order valence-electron chi connectivity index (χ2n) is 7.77. The summed E-state index contributed by atoms with van der Waals surface area (Å²) in [6.07, 6.45) is 5.31. The highest BCUT2D eigenvalue weighted by Gasteiger charge is 2.65. The van der Waals surface area contributed by atoms with Crippen LogP contribution in [0.2, 0.25) is 0 Å². The molecule has 2 aromatic carbocycles. The Kier molecular flexibility index (Phi) is 3.80. The molecule has 0 bridgehead atoms. The maximum Gasteiger partial charge on any atom is 0.223 e. The molecule has 2 spiro atoms. The molecule has 3 fully saturated rings. The van der Waals surface area contributed by atoms with Crippen molar-refractivity contribution in [2.24, 2.45) is 0 Å². The third kappa shape index (κ3) is 2.25. The molecule has 0 N–H and O–H groups in total. The lowest BCUT2D eigenvalue weighted by Gasteiger charge is -2.45. The van der Waals surface area contributed by atoms with Gasteiger partial charge in [-0.25, -0.2) is 0 Å². The summed E-state index contributed by atoms with van der Waals surface area (Å²) in [7, 11) is 0. The van der Waals surface area contributed by atoms with Gasteiger partial charge in [-0.2, -0.15) is 0 Å². The highest BCUT2D eigenvalue weighted by atomic mass is 16.7. The van der Waals surface area contributed by atoms with Crippen LogP contribution in [0.25, 0.3) is 10.8 Å². The van der Waals surface area contributed by atoms with Gasteiger partial charge in [-0.15, -0.1) is 0 Å². The Labute approximate surface area is 154 Å². The van der Waals surface area contributed by atoms with E-state index in [1.165, 1.54) is 16.3 Å². The van der Waals surface area contributed by atoms with Gasteiger partial charge >= 0.3 is 0 Å². The molecule has 4 nitrogen and oxygen atoms in total. The second kappa shape index (κ2) is 6.07. The summed E-state index contributed by atoms with van der Waals surface area (Å²) in [6.45, 7) is 2.03. The Morgan fingerprint density at radius 2 is 1.77 bits per heavy atom. The Bertz CT molecular complexity index is 831. The van der Waals surface area contributed by atoms with Crippen molar-refractivity contribution >= 4 is 16.7 Å². The summed E-state index contributed by atoms with van der Waals surface area (Å²) in [5, 5.41) is 2.54. The summed E-state index contributed by atoms with van der Waals surface area (Å²) >= 11 is 0. The third-order valence-corrected chi connectivity index (χ3v) is 6.61. The van der Waals surface area contributed by atoms with Crippen LogP contribution in [-0.2, 0) is 20.7 Å². The topological polar surface area (TPSA) is 38.8 Å². The zero-order valence-electron chi connectivity index (χ0n) is 15.1. The summed E-state index contributed by atoms with van der Waals surface area (Å²) in [5.41, 5.74) is 1.05. The zero-order chi connectivity index (χ0) is 17.6. The molecule has 0 unspecified atom stereocenters. The first-order chi connectivity index (χ1) is 12.7. The number of benzene rings is 2. The minimum absolute atomic E-state index is 0.255. The van der Waals surface area contributed by atoms with Crippen LogP contribution < -0.4 is 0 Å². The minimum Gasteiger partial charge on any atom is -0.345 e. The number of hydrogen-bond donors (Lipinski definition) is 0. The monoisotopic (exact) mass is 351 g/mol. The first kappa shape index (κ1) is 16.3. The zero-order valence-corrected chi connectivity index (χ0v) is 15.1. The molecule has 26 heavy (non-hydrogen) atoms. The molecule has 3 aliphatic rings. The Morgan fingerprint density at radius 1 is 0.962 bits per heavy atom. The fourth-order valence-corrected chi connectivity index (χ4v) is 5.46. The minimum atomic E-state index is -0.558. The van der Waals surface area contributed by atoms with E-state index in [2.05, 4.69) is 47.4 Å². The summed E-state index contributed by atoms with van der Waals surface area (Å²) in [5.74, 6) is -0.302. The fourth-order valence-electron chi connectivity index (χ4n) is 5.46. The number of amides is 1. The van der Waals surface area contributed by atoms with Gasteiger partial charge in [-0.05, 0) is 42.0 Å². The van der Waals surface area contributed by atoms with Gasteiger partial charge in [0.2, 0.25) is 5.91 Å². The predicted octanol–water partition coefficient (Wildman–Crippen LogP) is 3.67. The van der Waals surface area contributed by atoms with E-state index in [-0.39, 0.29) is 11.4 Å². The van der Waals surface area contributed by atoms with Gasteiger partial charge in [0, 0.05) is 19.4 Å². The SMILES string of the molecule is O=C1CC[C@@]2(CCCC23OCCO3)N1CCc1cccc2ccccc12. The molecule has 1 atom stereocenters.